The van der Waals surface area contributed by atoms with Gasteiger partial charge in [0, 0.05) is 16.2 Å². The molecule has 2 rings (SSSR count). The minimum absolute atomic E-state index is 0.322. The van der Waals surface area contributed by atoms with E-state index in [0.29, 0.717) is 23.8 Å². The molecule has 0 bridgehead atoms. The zero-order valence-corrected chi connectivity index (χ0v) is 15.2. The van der Waals surface area contributed by atoms with Crippen LogP contribution in [0.2, 0.25) is 0 Å². The van der Waals surface area contributed by atoms with Crippen molar-refractivity contribution in [3.63, 3.8) is 0 Å². The summed E-state index contributed by atoms with van der Waals surface area (Å²) >= 11 is 7.63. The molecule has 0 fully saturated rings. The number of esters is 1. The molecule has 0 atom stereocenters. The SMILES string of the molecule is C=C(Cl)c1c(COc2ccccc2)csc1/C(=C\C)C(=O)OCC. The lowest BCUT2D eigenvalue weighted by atomic mass is 10.1. The molecule has 1 aromatic carbocycles. The highest BCUT2D eigenvalue weighted by Crippen LogP contribution is 2.36. The first-order valence-corrected chi connectivity index (χ1v) is 8.81. The van der Waals surface area contributed by atoms with Crippen molar-refractivity contribution >= 4 is 39.5 Å². The molecule has 0 aliphatic rings. The van der Waals surface area contributed by atoms with E-state index in [2.05, 4.69) is 6.58 Å². The molecule has 1 heterocycles. The van der Waals surface area contributed by atoms with Crippen molar-refractivity contribution in [1.29, 1.82) is 0 Å². The van der Waals surface area contributed by atoms with Gasteiger partial charge in [0.15, 0.2) is 0 Å². The molecule has 0 amide bonds. The van der Waals surface area contributed by atoms with Gasteiger partial charge in [-0.1, -0.05) is 42.5 Å². The van der Waals surface area contributed by atoms with Gasteiger partial charge in [0.2, 0.25) is 0 Å². The van der Waals surface area contributed by atoms with Crippen molar-refractivity contribution in [2.24, 2.45) is 0 Å². The molecule has 0 saturated heterocycles. The van der Waals surface area contributed by atoms with Crippen LogP contribution in [0.15, 0.2) is 48.4 Å². The Hall–Kier alpha value is -2.04. The van der Waals surface area contributed by atoms with E-state index >= 15 is 0 Å². The van der Waals surface area contributed by atoms with Gasteiger partial charge in [-0.3, -0.25) is 0 Å². The second-order valence-electron chi connectivity index (χ2n) is 4.89. The molecule has 126 valence electrons. The number of hydrogen-bond donors (Lipinski definition) is 0. The first-order chi connectivity index (χ1) is 11.6. The van der Waals surface area contributed by atoms with Crippen molar-refractivity contribution in [2.45, 2.75) is 20.5 Å². The van der Waals surface area contributed by atoms with Crippen molar-refractivity contribution in [3.05, 3.63) is 64.4 Å². The van der Waals surface area contributed by atoms with Crippen LogP contribution in [0.4, 0.5) is 0 Å². The van der Waals surface area contributed by atoms with Crippen molar-refractivity contribution < 1.29 is 14.3 Å². The molecule has 0 unspecified atom stereocenters. The fourth-order valence-corrected chi connectivity index (χ4v) is 3.64. The molecule has 0 spiro atoms. The van der Waals surface area contributed by atoms with Crippen LogP contribution in [0, 0.1) is 0 Å². The molecule has 0 aliphatic carbocycles. The number of para-hydroxylation sites is 1. The van der Waals surface area contributed by atoms with E-state index in [-0.39, 0.29) is 5.97 Å². The van der Waals surface area contributed by atoms with E-state index in [0.717, 1.165) is 21.8 Å². The summed E-state index contributed by atoms with van der Waals surface area (Å²) < 4.78 is 10.9. The van der Waals surface area contributed by atoms with Gasteiger partial charge in [-0.05, 0) is 31.4 Å². The first kappa shape index (κ1) is 18.3. The molecule has 0 radical (unpaired) electrons. The summed E-state index contributed by atoms with van der Waals surface area (Å²) in [6.07, 6.45) is 1.73. The third-order valence-corrected chi connectivity index (χ3v) is 4.56. The molecular formula is C19H19ClO3S. The zero-order chi connectivity index (χ0) is 17.5. The van der Waals surface area contributed by atoms with E-state index in [1.54, 1.807) is 19.9 Å². The molecule has 0 N–H and O–H groups in total. The van der Waals surface area contributed by atoms with Crippen LogP contribution in [0.3, 0.4) is 0 Å². The lowest BCUT2D eigenvalue weighted by molar-refractivity contribution is -0.136. The number of allylic oxidation sites excluding steroid dienone is 1. The van der Waals surface area contributed by atoms with Crippen LogP contribution >= 0.6 is 22.9 Å². The Balaban J connectivity index is 2.29. The van der Waals surface area contributed by atoms with Gasteiger partial charge in [0.1, 0.15) is 12.4 Å². The van der Waals surface area contributed by atoms with E-state index in [4.69, 9.17) is 21.1 Å². The van der Waals surface area contributed by atoms with Crippen LogP contribution in [-0.2, 0) is 16.1 Å². The predicted molar refractivity (Wildman–Crippen MR) is 100 cm³/mol. The monoisotopic (exact) mass is 362 g/mol. The summed E-state index contributed by atoms with van der Waals surface area (Å²) in [5, 5.41) is 2.31. The Morgan fingerprint density at radius 1 is 1.33 bits per heavy atom. The normalized spacial score (nSPS) is 11.2. The van der Waals surface area contributed by atoms with E-state index in [1.807, 2.05) is 35.7 Å². The molecule has 2 aromatic rings. The van der Waals surface area contributed by atoms with Gasteiger partial charge in [0.05, 0.1) is 17.1 Å². The lowest BCUT2D eigenvalue weighted by Gasteiger charge is -2.10. The maximum absolute atomic E-state index is 12.2. The number of halogens is 1. The van der Waals surface area contributed by atoms with E-state index in [9.17, 15) is 4.79 Å². The van der Waals surface area contributed by atoms with Crippen LogP contribution in [0.25, 0.3) is 10.6 Å². The third-order valence-electron chi connectivity index (χ3n) is 3.30. The van der Waals surface area contributed by atoms with Crippen LogP contribution in [0.1, 0.15) is 29.9 Å². The third kappa shape index (κ3) is 4.28. The number of rotatable bonds is 7. The second-order valence-corrected chi connectivity index (χ2v) is 6.23. The number of thiophene rings is 1. The van der Waals surface area contributed by atoms with Gasteiger partial charge < -0.3 is 9.47 Å². The fraction of sp³-hybridized carbons (Fsp3) is 0.211. The summed E-state index contributed by atoms with van der Waals surface area (Å²) in [6.45, 7) is 8.08. The van der Waals surface area contributed by atoms with Gasteiger partial charge in [-0.2, -0.15) is 0 Å². The highest BCUT2D eigenvalue weighted by atomic mass is 35.5. The Labute approximate surface area is 151 Å². The van der Waals surface area contributed by atoms with Crippen molar-refractivity contribution in [2.75, 3.05) is 6.61 Å². The lowest BCUT2D eigenvalue weighted by Crippen LogP contribution is -2.07. The quantitative estimate of drug-likeness (QED) is 0.481. The summed E-state index contributed by atoms with van der Waals surface area (Å²) in [5.41, 5.74) is 2.12. The summed E-state index contributed by atoms with van der Waals surface area (Å²) in [6, 6.07) is 9.53. The summed E-state index contributed by atoms with van der Waals surface area (Å²) in [4.78, 5) is 12.9. The average molecular weight is 363 g/mol. The molecule has 24 heavy (non-hydrogen) atoms. The van der Waals surface area contributed by atoms with Gasteiger partial charge in [-0.15, -0.1) is 11.3 Å². The van der Waals surface area contributed by atoms with Crippen molar-refractivity contribution in [1.82, 2.24) is 0 Å². The highest BCUT2D eigenvalue weighted by molar-refractivity contribution is 7.12. The zero-order valence-electron chi connectivity index (χ0n) is 13.7. The number of carbonyl (C=O) groups is 1. The van der Waals surface area contributed by atoms with Crippen LogP contribution in [0.5, 0.6) is 5.75 Å². The molecule has 0 saturated carbocycles. The Bertz CT molecular complexity index is 747. The van der Waals surface area contributed by atoms with Gasteiger partial charge in [-0.25, -0.2) is 4.79 Å². The van der Waals surface area contributed by atoms with Gasteiger partial charge >= 0.3 is 5.97 Å². The minimum atomic E-state index is -0.364. The summed E-state index contributed by atoms with van der Waals surface area (Å²) in [5.74, 6) is 0.407. The number of ether oxygens (including phenoxy) is 2. The van der Waals surface area contributed by atoms with Crippen LogP contribution in [-0.4, -0.2) is 12.6 Å². The largest absolute Gasteiger partial charge is 0.489 e. The minimum Gasteiger partial charge on any atom is -0.489 e. The number of hydrogen-bond acceptors (Lipinski definition) is 4. The topological polar surface area (TPSA) is 35.5 Å². The maximum atomic E-state index is 12.2. The molecule has 0 aliphatic heterocycles. The smallest absolute Gasteiger partial charge is 0.339 e. The Kier molecular flexibility index (Phi) is 6.64. The number of benzene rings is 1. The highest BCUT2D eigenvalue weighted by Gasteiger charge is 2.22. The molecular weight excluding hydrogens is 344 g/mol. The Morgan fingerprint density at radius 3 is 2.62 bits per heavy atom. The number of carbonyl (C=O) groups excluding carboxylic acids is 1. The molecule has 5 heteroatoms. The molecule has 3 nitrogen and oxygen atoms in total. The van der Waals surface area contributed by atoms with E-state index < -0.39 is 0 Å². The first-order valence-electron chi connectivity index (χ1n) is 7.55. The standard InChI is InChI=1S/C19H19ClO3S/c1-4-16(19(21)22-5-2)18-17(13(3)20)14(12-24-18)11-23-15-9-7-6-8-10-15/h4,6-10,12H,3,5,11H2,1-2H3/b16-4+. The molecule has 1 aromatic heterocycles. The van der Waals surface area contributed by atoms with Gasteiger partial charge in [0.25, 0.3) is 0 Å². The average Bonchev–Trinajstić information content (AvgIpc) is 2.99. The van der Waals surface area contributed by atoms with Crippen LogP contribution < -0.4 is 4.74 Å². The maximum Gasteiger partial charge on any atom is 0.339 e. The predicted octanol–water partition coefficient (Wildman–Crippen LogP) is 5.50. The van der Waals surface area contributed by atoms with Crippen molar-refractivity contribution in [3.8, 4) is 5.75 Å². The fourth-order valence-electron chi connectivity index (χ4n) is 2.22. The second kappa shape index (κ2) is 8.71. The Morgan fingerprint density at radius 2 is 2.04 bits per heavy atom. The summed E-state index contributed by atoms with van der Waals surface area (Å²) in [7, 11) is 0. The van der Waals surface area contributed by atoms with E-state index in [1.165, 1.54) is 11.3 Å².